The highest BCUT2D eigenvalue weighted by Gasteiger charge is 2.24. The molecule has 0 N–H and O–H groups in total. The molecule has 0 fully saturated rings. The summed E-state index contributed by atoms with van der Waals surface area (Å²) in [5.74, 6) is 0.831. The molecular formula is C10H22. The van der Waals surface area contributed by atoms with Crippen molar-refractivity contribution in [1.82, 2.24) is 0 Å². The molecule has 0 heterocycles. The predicted molar refractivity (Wildman–Crippen MR) is 48.1 cm³/mol. The molecule has 0 aromatic carbocycles. The largest absolute Gasteiger partial charge is 0.0654 e. The summed E-state index contributed by atoms with van der Waals surface area (Å²) in [5, 5.41) is 0. The van der Waals surface area contributed by atoms with Crippen LogP contribution in [0.2, 0.25) is 0 Å². The topological polar surface area (TPSA) is 0 Å². The van der Waals surface area contributed by atoms with Gasteiger partial charge < -0.3 is 0 Å². The Bertz CT molecular complexity index is 84.0. The second-order valence-electron chi connectivity index (χ2n) is 3.91. The summed E-state index contributed by atoms with van der Waals surface area (Å²) in [7, 11) is 0. The highest BCUT2D eigenvalue weighted by molar-refractivity contribution is 4.75. The molecule has 0 amide bonds. The molecule has 0 aromatic rings. The molecule has 0 nitrogen and oxygen atoms in total. The van der Waals surface area contributed by atoms with Gasteiger partial charge in [-0.15, -0.1) is 0 Å². The Hall–Kier alpha value is 0. The van der Waals surface area contributed by atoms with E-state index in [1.807, 2.05) is 0 Å². The van der Waals surface area contributed by atoms with E-state index in [9.17, 15) is 0 Å². The fraction of sp³-hybridized carbons (Fsp3) is 1.00. The van der Waals surface area contributed by atoms with Crippen molar-refractivity contribution in [3.63, 3.8) is 0 Å². The normalized spacial score (nSPS) is 17.4. The van der Waals surface area contributed by atoms with E-state index in [4.69, 9.17) is 0 Å². The molecule has 0 saturated carbocycles. The summed E-state index contributed by atoms with van der Waals surface area (Å²) in [4.78, 5) is 0. The molecule has 0 unspecified atom stereocenters. The van der Waals surface area contributed by atoms with Gasteiger partial charge in [-0.25, -0.2) is 0 Å². The van der Waals surface area contributed by atoms with Gasteiger partial charge in [-0.1, -0.05) is 47.5 Å². The smallest absolute Gasteiger partial charge is 0.0305 e. The van der Waals surface area contributed by atoms with E-state index in [-0.39, 0.29) is 0 Å². The minimum atomic E-state index is 0.592. The molecule has 0 rings (SSSR count). The van der Waals surface area contributed by atoms with Crippen molar-refractivity contribution in [3.05, 3.63) is 0 Å². The van der Waals surface area contributed by atoms with Gasteiger partial charge >= 0.3 is 0 Å². The maximum absolute atomic E-state index is 2.40. The van der Waals surface area contributed by atoms with Crippen LogP contribution in [0.15, 0.2) is 0 Å². The summed E-state index contributed by atoms with van der Waals surface area (Å²) in [6, 6.07) is 0. The summed E-state index contributed by atoms with van der Waals surface area (Å²) in [6.07, 6.45) is 4.02. The first-order valence-corrected chi connectivity index (χ1v) is 4.56. The van der Waals surface area contributed by atoms with Crippen LogP contribution >= 0.6 is 0 Å². The van der Waals surface area contributed by atoms with Crippen molar-refractivity contribution in [2.75, 3.05) is 0 Å². The van der Waals surface area contributed by atoms with Crippen LogP contribution in [0.4, 0.5) is 0 Å². The monoisotopic (exact) mass is 142 g/mol. The highest BCUT2D eigenvalue weighted by atomic mass is 14.3. The van der Waals surface area contributed by atoms with E-state index in [2.05, 4.69) is 34.6 Å². The Balaban J connectivity index is 3.94. The molecule has 0 saturated heterocycles. The van der Waals surface area contributed by atoms with E-state index in [0.717, 1.165) is 5.92 Å². The van der Waals surface area contributed by atoms with Crippen molar-refractivity contribution in [1.29, 1.82) is 0 Å². The first-order chi connectivity index (χ1) is 4.56. The Morgan fingerprint density at radius 3 is 1.80 bits per heavy atom. The summed E-state index contributed by atoms with van der Waals surface area (Å²) < 4.78 is 0. The van der Waals surface area contributed by atoms with Crippen molar-refractivity contribution in [2.45, 2.75) is 53.9 Å². The molecule has 0 aromatic heterocycles. The zero-order valence-corrected chi connectivity index (χ0v) is 8.20. The van der Waals surface area contributed by atoms with E-state index in [1.165, 1.54) is 19.3 Å². The zero-order chi connectivity index (χ0) is 8.20. The highest BCUT2D eigenvalue weighted by Crippen LogP contribution is 2.35. The van der Waals surface area contributed by atoms with Crippen LogP contribution in [-0.4, -0.2) is 0 Å². The van der Waals surface area contributed by atoms with Crippen LogP contribution in [0.5, 0.6) is 0 Å². The van der Waals surface area contributed by atoms with Crippen molar-refractivity contribution < 1.29 is 0 Å². The molecule has 0 aliphatic heterocycles. The summed E-state index contributed by atoms with van der Waals surface area (Å²) in [5.41, 5.74) is 0.592. The first-order valence-electron chi connectivity index (χ1n) is 4.56. The third-order valence-corrected chi connectivity index (χ3v) is 3.02. The molecule has 1 atom stereocenters. The summed E-state index contributed by atoms with van der Waals surface area (Å²) in [6.45, 7) is 11.6. The second-order valence-corrected chi connectivity index (χ2v) is 3.91. The predicted octanol–water partition coefficient (Wildman–Crippen LogP) is 3.86. The van der Waals surface area contributed by atoms with Crippen LogP contribution in [0.25, 0.3) is 0 Å². The van der Waals surface area contributed by atoms with E-state index >= 15 is 0 Å². The van der Waals surface area contributed by atoms with E-state index in [1.54, 1.807) is 0 Å². The minimum Gasteiger partial charge on any atom is -0.0654 e. The fourth-order valence-corrected chi connectivity index (χ4v) is 1.44. The van der Waals surface area contributed by atoms with Crippen molar-refractivity contribution >= 4 is 0 Å². The van der Waals surface area contributed by atoms with Crippen LogP contribution in [0.3, 0.4) is 0 Å². The fourth-order valence-electron chi connectivity index (χ4n) is 1.44. The van der Waals surface area contributed by atoms with Gasteiger partial charge in [0.05, 0.1) is 0 Å². The molecular weight excluding hydrogens is 120 g/mol. The number of rotatable bonds is 4. The maximum atomic E-state index is 2.40. The quantitative estimate of drug-likeness (QED) is 0.559. The van der Waals surface area contributed by atoms with Gasteiger partial charge in [-0.3, -0.25) is 0 Å². The Morgan fingerprint density at radius 1 is 1.20 bits per heavy atom. The second kappa shape index (κ2) is 4.00. The third kappa shape index (κ3) is 2.32. The lowest BCUT2D eigenvalue weighted by Crippen LogP contribution is -2.21. The van der Waals surface area contributed by atoms with E-state index < -0.39 is 0 Å². The molecule has 10 heavy (non-hydrogen) atoms. The lowest BCUT2D eigenvalue weighted by atomic mass is 9.74. The Labute approximate surface area is 66.0 Å². The van der Waals surface area contributed by atoms with Gasteiger partial charge in [0, 0.05) is 0 Å². The van der Waals surface area contributed by atoms with Crippen LogP contribution in [0, 0.1) is 11.3 Å². The van der Waals surface area contributed by atoms with Gasteiger partial charge in [-0.2, -0.15) is 0 Å². The lowest BCUT2D eigenvalue weighted by Gasteiger charge is -2.32. The minimum absolute atomic E-state index is 0.592. The molecule has 62 valence electrons. The average Bonchev–Trinajstić information content (AvgIpc) is 1.88. The zero-order valence-electron chi connectivity index (χ0n) is 8.20. The lowest BCUT2D eigenvalue weighted by molar-refractivity contribution is 0.188. The van der Waals surface area contributed by atoms with Crippen molar-refractivity contribution in [3.8, 4) is 0 Å². The first kappa shape index (κ1) is 10.0. The van der Waals surface area contributed by atoms with Crippen LogP contribution in [0.1, 0.15) is 53.9 Å². The number of hydrogen-bond acceptors (Lipinski definition) is 0. The average molecular weight is 142 g/mol. The van der Waals surface area contributed by atoms with Gasteiger partial charge in [0.15, 0.2) is 0 Å². The molecule has 0 radical (unpaired) electrons. The Kier molecular flexibility index (Phi) is 4.00. The molecule has 0 bridgehead atoms. The van der Waals surface area contributed by atoms with Gasteiger partial charge in [0.25, 0.3) is 0 Å². The van der Waals surface area contributed by atoms with Gasteiger partial charge in [0.2, 0.25) is 0 Å². The van der Waals surface area contributed by atoms with Crippen molar-refractivity contribution in [2.24, 2.45) is 11.3 Å². The van der Waals surface area contributed by atoms with Gasteiger partial charge in [0.1, 0.15) is 0 Å². The molecule has 0 spiro atoms. The van der Waals surface area contributed by atoms with Crippen LogP contribution in [-0.2, 0) is 0 Å². The standard InChI is InChI=1S/C10H22/c1-6-8-10(5,7-2)9(3)4/h9H,6-8H2,1-5H3/t10-/m0/s1. The molecule has 0 heteroatoms. The molecule has 0 aliphatic rings. The molecule has 0 aliphatic carbocycles. The van der Waals surface area contributed by atoms with Crippen LogP contribution < -0.4 is 0 Å². The summed E-state index contributed by atoms with van der Waals surface area (Å²) >= 11 is 0. The van der Waals surface area contributed by atoms with E-state index in [0.29, 0.717) is 5.41 Å². The SMILES string of the molecule is CCC[C@](C)(CC)C(C)C. The maximum Gasteiger partial charge on any atom is -0.0305 e. The third-order valence-electron chi connectivity index (χ3n) is 3.02. The Morgan fingerprint density at radius 2 is 1.70 bits per heavy atom. The van der Waals surface area contributed by atoms with Gasteiger partial charge in [-0.05, 0) is 17.8 Å². The number of hydrogen-bond donors (Lipinski definition) is 0.